The molecule has 1 atom stereocenters. The standard InChI is InChI=1S/C20H26N2O4/c1-20(24,12-11-15-7-5-4-6-8-15)14-21-19(23)22-17-10-9-16(25-2)13-18(17)26-3/h4-10,13,24H,11-12,14H2,1-3H3,(H2,21,22,23). The maximum absolute atomic E-state index is 12.1. The van der Waals surface area contributed by atoms with Crippen LogP contribution >= 0.6 is 0 Å². The number of nitrogens with one attached hydrogen (secondary N) is 2. The number of amides is 2. The van der Waals surface area contributed by atoms with E-state index in [9.17, 15) is 9.90 Å². The number of benzene rings is 2. The number of aryl methyl sites for hydroxylation is 1. The molecule has 1 unspecified atom stereocenters. The van der Waals surface area contributed by atoms with Crippen LogP contribution < -0.4 is 20.1 Å². The Bertz CT molecular complexity index is 717. The molecule has 6 nitrogen and oxygen atoms in total. The van der Waals surface area contributed by atoms with Crippen LogP contribution in [0.2, 0.25) is 0 Å². The smallest absolute Gasteiger partial charge is 0.319 e. The Labute approximate surface area is 154 Å². The molecule has 0 saturated heterocycles. The van der Waals surface area contributed by atoms with Crippen molar-refractivity contribution in [1.82, 2.24) is 5.32 Å². The van der Waals surface area contributed by atoms with E-state index in [4.69, 9.17) is 9.47 Å². The van der Waals surface area contributed by atoms with Crippen LogP contribution in [0.1, 0.15) is 18.9 Å². The quantitative estimate of drug-likeness (QED) is 0.677. The van der Waals surface area contributed by atoms with E-state index in [0.29, 0.717) is 23.6 Å². The Hall–Kier alpha value is -2.73. The Morgan fingerprint density at radius 1 is 1.12 bits per heavy atom. The lowest BCUT2D eigenvalue weighted by atomic mass is 9.97. The minimum atomic E-state index is -1.00. The number of carbonyl (C=O) groups excluding carboxylic acids is 1. The lowest BCUT2D eigenvalue weighted by Gasteiger charge is -2.24. The summed E-state index contributed by atoms with van der Waals surface area (Å²) >= 11 is 0. The third-order valence-corrected chi connectivity index (χ3v) is 4.08. The summed E-state index contributed by atoms with van der Waals surface area (Å²) in [4.78, 5) is 12.1. The van der Waals surface area contributed by atoms with Crippen LogP contribution in [0, 0.1) is 0 Å². The van der Waals surface area contributed by atoms with Crippen molar-refractivity contribution in [1.29, 1.82) is 0 Å². The number of carbonyl (C=O) groups is 1. The van der Waals surface area contributed by atoms with Gasteiger partial charge >= 0.3 is 6.03 Å². The largest absolute Gasteiger partial charge is 0.497 e. The molecule has 0 spiro atoms. The Morgan fingerprint density at radius 3 is 2.50 bits per heavy atom. The number of methoxy groups -OCH3 is 2. The highest BCUT2D eigenvalue weighted by Gasteiger charge is 2.21. The predicted octanol–water partition coefficient (Wildman–Crippen LogP) is 3.21. The van der Waals surface area contributed by atoms with Crippen LogP contribution in [-0.4, -0.2) is 37.5 Å². The first kappa shape index (κ1) is 19.6. The van der Waals surface area contributed by atoms with Gasteiger partial charge in [0.05, 0.1) is 25.5 Å². The zero-order valence-corrected chi connectivity index (χ0v) is 15.4. The van der Waals surface area contributed by atoms with Gasteiger partial charge in [0.1, 0.15) is 11.5 Å². The van der Waals surface area contributed by atoms with Gasteiger partial charge in [0.25, 0.3) is 0 Å². The number of rotatable bonds is 8. The Balaban J connectivity index is 1.85. The van der Waals surface area contributed by atoms with Crippen LogP contribution in [0.4, 0.5) is 10.5 Å². The Morgan fingerprint density at radius 2 is 1.85 bits per heavy atom. The molecule has 0 saturated carbocycles. The highest BCUT2D eigenvalue weighted by atomic mass is 16.5. The maximum Gasteiger partial charge on any atom is 0.319 e. The molecule has 2 aromatic carbocycles. The van der Waals surface area contributed by atoms with Gasteiger partial charge in [-0.1, -0.05) is 30.3 Å². The molecular weight excluding hydrogens is 332 g/mol. The van der Waals surface area contributed by atoms with Crippen LogP contribution in [-0.2, 0) is 6.42 Å². The molecule has 2 amide bonds. The minimum absolute atomic E-state index is 0.143. The van der Waals surface area contributed by atoms with Crippen molar-refractivity contribution in [3.8, 4) is 11.5 Å². The van der Waals surface area contributed by atoms with Crippen molar-refractivity contribution < 1.29 is 19.4 Å². The summed E-state index contributed by atoms with van der Waals surface area (Å²) in [5.74, 6) is 1.13. The van der Waals surface area contributed by atoms with E-state index in [1.165, 1.54) is 7.11 Å². The first-order valence-electron chi connectivity index (χ1n) is 8.47. The van der Waals surface area contributed by atoms with Gasteiger partial charge in [-0.15, -0.1) is 0 Å². The highest BCUT2D eigenvalue weighted by molar-refractivity contribution is 5.91. The van der Waals surface area contributed by atoms with Crippen LogP contribution in [0.5, 0.6) is 11.5 Å². The molecule has 0 aromatic heterocycles. The SMILES string of the molecule is COc1ccc(NC(=O)NCC(C)(O)CCc2ccccc2)c(OC)c1. The molecular formula is C20H26N2O4. The molecule has 0 aliphatic heterocycles. The summed E-state index contributed by atoms with van der Waals surface area (Å²) in [6.07, 6.45) is 1.28. The number of ether oxygens (including phenoxy) is 2. The van der Waals surface area contributed by atoms with Crippen molar-refractivity contribution in [3.63, 3.8) is 0 Å². The molecule has 2 rings (SSSR count). The molecule has 0 fully saturated rings. The lowest BCUT2D eigenvalue weighted by Crippen LogP contribution is -2.42. The molecule has 3 N–H and O–H groups in total. The first-order chi connectivity index (χ1) is 12.4. The van der Waals surface area contributed by atoms with E-state index in [-0.39, 0.29) is 6.54 Å². The molecule has 26 heavy (non-hydrogen) atoms. The molecule has 0 radical (unpaired) electrons. The molecule has 6 heteroatoms. The number of hydrogen-bond acceptors (Lipinski definition) is 4. The fraction of sp³-hybridized carbons (Fsp3) is 0.350. The first-order valence-corrected chi connectivity index (χ1v) is 8.47. The molecule has 2 aromatic rings. The number of aliphatic hydroxyl groups is 1. The third kappa shape index (κ3) is 5.97. The second-order valence-electron chi connectivity index (χ2n) is 6.36. The van der Waals surface area contributed by atoms with Gasteiger partial charge in [-0.3, -0.25) is 0 Å². The van der Waals surface area contributed by atoms with Gasteiger partial charge in [0, 0.05) is 12.6 Å². The summed E-state index contributed by atoms with van der Waals surface area (Å²) in [6.45, 7) is 1.86. The van der Waals surface area contributed by atoms with Gasteiger partial charge < -0.3 is 25.2 Å². The van der Waals surface area contributed by atoms with Crippen molar-refractivity contribution in [2.75, 3.05) is 26.1 Å². The normalized spacial score (nSPS) is 12.8. The summed E-state index contributed by atoms with van der Waals surface area (Å²) in [7, 11) is 3.08. The van der Waals surface area contributed by atoms with Crippen LogP contribution in [0.15, 0.2) is 48.5 Å². The third-order valence-electron chi connectivity index (χ3n) is 4.08. The van der Waals surface area contributed by atoms with Crippen LogP contribution in [0.25, 0.3) is 0 Å². The highest BCUT2D eigenvalue weighted by Crippen LogP contribution is 2.28. The zero-order valence-electron chi connectivity index (χ0n) is 15.4. The molecule has 0 bridgehead atoms. The average molecular weight is 358 g/mol. The number of anilines is 1. The van der Waals surface area contributed by atoms with E-state index in [1.54, 1.807) is 32.2 Å². The fourth-order valence-corrected chi connectivity index (χ4v) is 2.49. The van der Waals surface area contributed by atoms with Gasteiger partial charge in [-0.2, -0.15) is 0 Å². The van der Waals surface area contributed by atoms with E-state index in [1.807, 2.05) is 30.3 Å². The van der Waals surface area contributed by atoms with E-state index >= 15 is 0 Å². The van der Waals surface area contributed by atoms with Crippen molar-refractivity contribution in [2.24, 2.45) is 0 Å². The van der Waals surface area contributed by atoms with E-state index in [0.717, 1.165) is 12.0 Å². The predicted molar refractivity (Wildman–Crippen MR) is 102 cm³/mol. The second kappa shape index (κ2) is 9.10. The molecule has 0 aliphatic carbocycles. The van der Waals surface area contributed by atoms with Crippen molar-refractivity contribution >= 4 is 11.7 Å². The monoisotopic (exact) mass is 358 g/mol. The fourth-order valence-electron chi connectivity index (χ4n) is 2.49. The summed E-state index contributed by atoms with van der Waals surface area (Å²) in [5, 5.41) is 15.9. The minimum Gasteiger partial charge on any atom is -0.497 e. The molecule has 0 heterocycles. The molecule has 140 valence electrons. The van der Waals surface area contributed by atoms with Gasteiger partial charge in [0.2, 0.25) is 0 Å². The van der Waals surface area contributed by atoms with Crippen molar-refractivity contribution in [2.45, 2.75) is 25.4 Å². The average Bonchev–Trinajstić information content (AvgIpc) is 2.66. The summed E-state index contributed by atoms with van der Waals surface area (Å²) in [6, 6.07) is 14.6. The van der Waals surface area contributed by atoms with Gasteiger partial charge in [-0.25, -0.2) is 4.79 Å². The van der Waals surface area contributed by atoms with Gasteiger partial charge in [-0.05, 0) is 37.5 Å². The number of urea groups is 1. The summed E-state index contributed by atoms with van der Waals surface area (Å²) in [5.41, 5.74) is 0.673. The van der Waals surface area contributed by atoms with E-state index < -0.39 is 11.6 Å². The Kier molecular flexibility index (Phi) is 6.86. The zero-order chi connectivity index (χ0) is 19.0. The second-order valence-corrected chi connectivity index (χ2v) is 6.36. The lowest BCUT2D eigenvalue weighted by molar-refractivity contribution is 0.0539. The van der Waals surface area contributed by atoms with Crippen molar-refractivity contribution in [3.05, 3.63) is 54.1 Å². The number of hydrogen-bond donors (Lipinski definition) is 3. The van der Waals surface area contributed by atoms with Crippen LogP contribution in [0.3, 0.4) is 0 Å². The summed E-state index contributed by atoms with van der Waals surface area (Å²) < 4.78 is 10.4. The molecule has 0 aliphatic rings. The van der Waals surface area contributed by atoms with E-state index in [2.05, 4.69) is 10.6 Å². The van der Waals surface area contributed by atoms with Gasteiger partial charge in [0.15, 0.2) is 0 Å². The maximum atomic E-state index is 12.1. The topological polar surface area (TPSA) is 79.8 Å².